The molecular weight excluding hydrogens is 300 g/mol. The summed E-state index contributed by atoms with van der Waals surface area (Å²) in [6.45, 7) is 0.0235. The summed E-state index contributed by atoms with van der Waals surface area (Å²) in [6, 6.07) is 6.56. The lowest BCUT2D eigenvalue weighted by molar-refractivity contribution is -0.138. The lowest BCUT2D eigenvalue weighted by atomic mass is 9.97. The molecule has 4 nitrogen and oxygen atoms in total. The van der Waals surface area contributed by atoms with E-state index in [4.69, 9.17) is 21.4 Å². The monoisotopic (exact) mass is 308 g/mol. The van der Waals surface area contributed by atoms with Crippen LogP contribution in [0.15, 0.2) is 29.6 Å². The number of ether oxygens (including phenoxy) is 1. The van der Waals surface area contributed by atoms with Gasteiger partial charge in [-0.25, -0.2) is 0 Å². The van der Waals surface area contributed by atoms with Crippen LogP contribution >= 0.6 is 22.9 Å². The van der Waals surface area contributed by atoms with E-state index in [0.717, 1.165) is 0 Å². The predicted molar refractivity (Wildman–Crippen MR) is 75.1 cm³/mol. The summed E-state index contributed by atoms with van der Waals surface area (Å²) >= 11 is 7.33. The van der Waals surface area contributed by atoms with Crippen LogP contribution < -0.4 is 4.74 Å². The quantitative estimate of drug-likeness (QED) is 0.884. The highest BCUT2D eigenvalue weighted by Gasteiger charge is 2.34. The first-order valence-corrected chi connectivity index (χ1v) is 7.11. The Morgan fingerprint density at radius 3 is 2.85 bits per heavy atom. The Labute approximate surface area is 123 Å². The minimum absolute atomic E-state index is 0.0235. The van der Waals surface area contributed by atoms with Crippen LogP contribution in [-0.2, 0) is 4.79 Å². The number of hydrogen-bond donors (Lipinski definition) is 1. The third-order valence-electron chi connectivity index (χ3n) is 3.14. The lowest BCUT2D eigenvalue weighted by Gasteiger charge is -2.07. The number of carboxylic acids is 1. The Bertz CT molecular complexity index is 693. The van der Waals surface area contributed by atoms with Gasteiger partial charge in [0.25, 0.3) is 0 Å². The van der Waals surface area contributed by atoms with Crippen LogP contribution in [0.2, 0.25) is 5.02 Å². The van der Waals surface area contributed by atoms with Gasteiger partial charge in [0.15, 0.2) is 0 Å². The Morgan fingerprint density at radius 2 is 2.20 bits per heavy atom. The molecule has 1 atom stereocenters. The van der Waals surface area contributed by atoms with E-state index in [0.29, 0.717) is 26.8 Å². The van der Waals surface area contributed by atoms with Crippen molar-refractivity contribution in [3.05, 3.63) is 50.7 Å². The summed E-state index contributed by atoms with van der Waals surface area (Å²) in [5, 5.41) is 11.3. The fraction of sp³-hybridized carbons (Fsp3) is 0.143. The molecule has 6 heteroatoms. The number of aliphatic carboxylic acids is 1. The van der Waals surface area contributed by atoms with E-state index in [9.17, 15) is 9.59 Å². The van der Waals surface area contributed by atoms with E-state index in [1.165, 1.54) is 17.4 Å². The minimum atomic E-state index is -0.986. The molecule has 1 N–H and O–H groups in total. The maximum Gasteiger partial charge on any atom is 0.314 e. The second-order valence-electron chi connectivity index (χ2n) is 4.38. The fourth-order valence-corrected chi connectivity index (χ4v) is 3.11. The molecule has 1 aliphatic rings. The van der Waals surface area contributed by atoms with Crippen LogP contribution in [0.4, 0.5) is 0 Å². The maximum absolute atomic E-state index is 12.4. The first-order valence-electron chi connectivity index (χ1n) is 5.85. The van der Waals surface area contributed by atoms with Crippen molar-refractivity contribution < 1.29 is 19.4 Å². The van der Waals surface area contributed by atoms with E-state index in [1.54, 1.807) is 23.6 Å². The predicted octanol–water partition coefficient (Wildman–Crippen LogP) is 3.19. The van der Waals surface area contributed by atoms with Crippen molar-refractivity contribution in [3.8, 4) is 5.75 Å². The SMILES string of the molecule is O=C(c1cccs1)c1cc(Cl)cc2c1OCC2C(=O)O. The van der Waals surface area contributed by atoms with Gasteiger partial charge in [0.1, 0.15) is 18.3 Å². The minimum Gasteiger partial charge on any atom is -0.491 e. The molecule has 1 unspecified atom stereocenters. The van der Waals surface area contributed by atoms with Crippen molar-refractivity contribution in [3.63, 3.8) is 0 Å². The summed E-state index contributed by atoms with van der Waals surface area (Å²) in [6.07, 6.45) is 0. The van der Waals surface area contributed by atoms with Gasteiger partial charge in [-0.15, -0.1) is 11.3 Å². The first-order chi connectivity index (χ1) is 9.58. The molecule has 0 aliphatic carbocycles. The van der Waals surface area contributed by atoms with Gasteiger partial charge in [-0.2, -0.15) is 0 Å². The number of carboxylic acid groups (broad SMARTS) is 1. The van der Waals surface area contributed by atoms with Gasteiger partial charge >= 0.3 is 5.97 Å². The Balaban J connectivity index is 2.12. The van der Waals surface area contributed by atoms with Gasteiger partial charge in [-0.1, -0.05) is 17.7 Å². The zero-order valence-electron chi connectivity index (χ0n) is 10.1. The number of halogens is 1. The van der Waals surface area contributed by atoms with E-state index in [2.05, 4.69) is 0 Å². The van der Waals surface area contributed by atoms with Crippen LogP contribution in [0.3, 0.4) is 0 Å². The average Bonchev–Trinajstić information content (AvgIpc) is 3.05. The summed E-state index contributed by atoms with van der Waals surface area (Å²) in [4.78, 5) is 24.2. The molecular formula is C14H9ClO4S. The van der Waals surface area contributed by atoms with Crippen LogP contribution in [0.5, 0.6) is 5.75 Å². The highest BCUT2D eigenvalue weighted by atomic mass is 35.5. The molecule has 0 fully saturated rings. The molecule has 0 amide bonds. The van der Waals surface area contributed by atoms with E-state index in [-0.39, 0.29) is 12.4 Å². The number of rotatable bonds is 3. The standard InChI is InChI=1S/C14H9ClO4S/c15-7-4-8-10(14(17)18)6-19-13(8)9(5-7)12(16)11-2-1-3-20-11/h1-5,10H,6H2,(H,17,18). The van der Waals surface area contributed by atoms with E-state index in [1.807, 2.05) is 0 Å². The molecule has 2 heterocycles. The molecule has 0 bridgehead atoms. The Hall–Kier alpha value is -1.85. The lowest BCUT2D eigenvalue weighted by Crippen LogP contribution is -2.12. The summed E-state index contributed by atoms with van der Waals surface area (Å²) in [5.41, 5.74) is 0.781. The van der Waals surface area contributed by atoms with E-state index < -0.39 is 11.9 Å². The normalized spacial score (nSPS) is 16.6. The molecule has 3 rings (SSSR count). The smallest absolute Gasteiger partial charge is 0.314 e. The van der Waals surface area contributed by atoms with Crippen molar-refractivity contribution in [1.82, 2.24) is 0 Å². The first kappa shape index (κ1) is 13.1. The van der Waals surface area contributed by atoms with Crippen molar-refractivity contribution in [2.75, 3.05) is 6.61 Å². The molecule has 1 aromatic heterocycles. The van der Waals surface area contributed by atoms with Crippen LogP contribution in [0, 0.1) is 0 Å². The molecule has 102 valence electrons. The van der Waals surface area contributed by atoms with Crippen LogP contribution in [-0.4, -0.2) is 23.5 Å². The zero-order chi connectivity index (χ0) is 14.3. The van der Waals surface area contributed by atoms with Crippen molar-refractivity contribution in [1.29, 1.82) is 0 Å². The van der Waals surface area contributed by atoms with Gasteiger partial charge in [0.05, 0.1) is 10.4 Å². The number of benzene rings is 1. The van der Waals surface area contributed by atoms with Gasteiger partial charge in [-0.3, -0.25) is 9.59 Å². The molecule has 0 spiro atoms. The molecule has 0 saturated heterocycles. The van der Waals surface area contributed by atoms with Crippen LogP contribution in [0.25, 0.3) is 0 Å². The molecule has 0 saturated carbocycles. The number of carbonyl (C=O) groups is 2. The fourth-order valence-electron chi connectivity index (χ4n) is 2.20. The number of hydrogen-bond acceptors (Lipinski definition) is 4. The summed E-state index contributed by atoms with van der Waals surface area (Å²) in [5.74, 6) is -1.64. The van der Waals surface area contributed by atoms with Crippen molar-refractivity contribution in [2.45, 2.75) is 5.92 Å². The molecule has 0 radical (unpaired) electrons. The topological polar surface area (TPSA) is 63.6 Å². The molecule has 1 aliphatic heterocycles. The Kier molecular flexibility index (Phi) is 3.23. The third-order valence-corrected chi connectivity index (χ3v) is 4.23. The average molecular weight is 309 g/mol. The second-order valence-corrected chi connectivity index (χ2v) is 5.76. The third kappa shape index (κ3) is 2.09. The number of thiophene rings is 1. The summed E-state index contributed by atoms with van der Waals surface area (Å²) < 4.78 is 5.42. The number of fused-ring (bicyclic) bond motifs is 1. The second kappa shape index (κ2) is 4.92. The highest BCUT2D eigenvalue weighted by molar-refractivity contribution is 7.12. The summed E-state index contributed by atoms with van der Waals surface area (Å²) in [7, 11) is 0. The van der Waals surface area contributed by atoms with Gasteiger partial charge in [-0.05, 0) is 23.6 Å². The van der Waals surface area contributed by atoms with Gasteiger partial charge in [0.2, 0.25) is 5.78 Å². The zero-order valence-corrected chi connectivity index (χ0v) is 11.7. The van der Waals surface area contributed by atoms with E-state index >= 15 is 0 Å². The van der Waals surface area contributed by atoms with Crippen molar-refractivity contribution >= 4 is 34.7 Å². The molecule has 2 aromatic rings. The van der Waals surface area contributed by atoms with Crippen molar-refractivity contribution in [2.24, 2.45) is 0 Å². The highest BCUT2D eigenvalue weighted by Crippen LogP contribution is 2.40. The van der Waals surface area contributed by atoms with Gasteiger partial charge < -0.3 is 9.84 Å². The Morgan fingerprint density at radius 1 is 1.40 bits per heavy atom. The largest absolute Gasteiger partial charge is 0.491 e. The van der Waals surface area contributed by atoms with Crippen LogP contribution in [0.1, 0.15) is 26.7 Å². The molecule has 1 aromatic carbocycles. The number of carbonyl (C=O) groups excluding carboxylic acids is 1. The van der Waals surface area contributed by atoms with Gasteiger partial charge in [0, 0.05) is 10.6 Å². The number of ketones is 1. The molecule has 20 heavy (non-hydrogen) atoms. The maximum atomic E-state index is 12.4.